The molecule has 1 unspecified atom stereocenters. The smallest absolute Gasteiger partial charge is 0.215 e. The molecule has 0 aromatic carbocycles. The molecule has 2 nitrogen and oxygen atoms in total. The van der Waals surface area contributed by atoms with Crippen LogP contribution >= 0.6 is 12.6 Å². The average molecular weight is 176 g/mol. The molecule has 66 valence electrons. The fraction of sp³-hybridized carbons (Fsp3) is 1.00. The topological polar surface area (TPSA) is 18.5 Å². The Labute approximate surface area is 73.7 Å². The number of thiol groups is 1. The van der Waals surface area contributed by atoms with E-state index < -0.39 is 5.12 Å². The summed E-state index contributed by atoms with van der Waals surface area (Å²) in [6.45, 7) is 3.61. The van der Waals surface area contributed by atoms with Crippen molar-refractivity contribution in [1.82, 2.24) is 0 Å². The van der Waals surface area contributed by atoms with Crippen LogP contribution in [0.4, 0.5) is 0 Å². The van der Waals surface area contributed by atoms with Gasteiger partial charge < -0.3 is 9.47 Å². The lowest BCUT2D eigenvalue weighted by molar-refractivity contribution is -0.189. The lowest BCUT2D eigenvalue weighted by atomic mass is 10.2. The summed E-state index contributed by atoms with van der Waals surface area (Å²) in [5, 5.41) is -0.575. The van der Waals surface area contributed by atoms with Crippen molar-refractivity contribution in [3.63, 3.8) is 0 Å². The van der Waals surface area contributed by atoms with Crippen LogP contribution in [0, 0.1) is 0 Å². The Morgan fingerprint density at radius 2 is 2.36 bits per heavy atom. The summed E-state index contributed by atoms with van der Waals surface area (Å²) in [5.41, 5.74) is 0. The molecule has 0 N–H and O–H groups in total. The average Bonchev–Trinajstić information content (AvgIpc) is 2.03. The van der Waals surface area contributed by atoms with Crippen molar-refractivity contribution in [2.24, 2.45) is 0 Å². The Kier molecular flexibility index (Phi) is 3.69. The quantitative estimate of drug-likeness (QED) is 0.525. The third kappa shape index (κ3) is 3.01. The summed E-state index contributed by atoms with van der Waals surface area (Å²) in [5.74, 6) is 0. The fourth-order valence-electron chi connectivity index (χ4n) is 1.13. The molecule has 0 radical (unpaired) electrons. The SMILES string of the molecule is CCCOC1(S)CCCCO1. The zero-order chi connectivity index (χ0) is 8.16. The van der Waals surface area contributed by atoms with Crippen LogP contribution < -0.4 is 0 Å². The predicted octanol–water partition coefficient (Wildman–Crippen LogP) is 2.20. The Morgan fingerprint density at radius 1 is 1.55 bits per heavy atom. The molecule has 11 heavy (non-hydrogen) atoms. The van der Waals surface area contributed by atoms with Crippen molar-refractivity contribution >= 4 is 12.6 Å². The minimum atomic E-state index is -0.575. The van der Waals surface area contributed by atoms with Gasteiger partial charge in [-0.05, 0) is 19.3 Å². The minimum absolute atomic E-state index is 0.575. The molecular weight excluding hydrogens is 160 g/mol. The lowest BCUT2D eigenvalue weighted by Gasteiger charge is -2.32. The van der Waals surface area contributed by atoms with Crippen molar-refractivity contribution in [3.05, 3.63) is 0 Å². The van der Waals surface area contributed by atoms with Gasteiger partial charge in [-0.2, -0.15) is 0 Å². The van der Waals surface area contributed by atoms with Crippen molar-refractivity contribution in [3.8, 4) is 0 Å². The van der Waals surface area contributed by atoms with E-state index >= 15 is 0 Å². The summed E-state index contributed by atoms with van der Waals surface area (Å²) in [6.07, 6.45) is 4.23. The zero-order valence-corrected chi connectivity index (χ0v) is 7.90. The molecular formula is C8H16O2S. The number of ether oxygens (including phenoxy) is 2. The van der Waals surface area contributed by atoms with Crippen LogP contribution in [-0.4, -0.2) is 18.3 Å². The number of hydrogen-bond donors (Lipinski definition) is 1. The molecule has 3 heteroatoms. The Morgan fingerprint density at radius 3 is 2.91 bits per heavy atom. The molecule has 1 heterocycles. The van der Waals surface area contributed by atoms with Crippen LogP contribution in [0.15, 0.2) is 0 Å². The van der Waals surface area contributed by atoms with E-state index in [9.17, 15) is 0 Å². The van der Waals surface area contributed by atoms with Crippen LogP contribution in [-0.2, 0) is 9.47 Å². The molecule has 0 bridgehead atoms. The normalized spacial score (nSPS) is 32.2. The van der Waals surface area contributed by atoms with Gasteiger partial charge in [-0.25, -0.2) is 0 Å². The van der Waals surface area contributed by atoms with Crippen LogP contribution in [0.3, 0.4) is 0 Å². The van der Waals surface area contributed by atoms with E-state index in [1.54, 1.807) is 0 Å². The van der Waals surface area contributed by atoms with Crippen molar-refractivity contribution < 1.29 is 9.47 Å². The third-order valence-corrected chi connectivity index (χ3v) is 2.23. The highest BCUT2D eigenvalue weighted by atomic mass is 32.1. The first kappa shape index (κ1) is 9.36. The highest BCUT2D eigenvalue weighted by molar-refractivity contribution is 7.81. The second-order valence-corrected chi connectivity index (χ2v) is 3.55. The van der Waals surface area contributed by atoms with Gasteiger partial charge in [-0.1, -0.05) is 6.92 Å². The molecule has 1 aliphatic rings. The second kappa shape index (κ2) is 4.33. The molecule has 1 rings (SSSR count). The van der Waals surface area contributed by atoms with E-state index in [0.29, 0.717) is 0 Å². The Bertz CT molecular complexity index is 111. The molecule has 0 aromatic rings. The van der Waals surface area contributed by atoms with Gasteiger partial charge in [0.05, 0.1) is 13.2 Å². The molecule has 0 spiro atoms. The van der Waals surface area contributed by atoms with Gasteiger partial charge in [-0.3, -0.25) is 0 Å². The van der Waals surface area contributed by atoms with E-state index in [1.165, 1.54) is 0 Å². The molecule has 1 fully saturated rings. The van der Waals surface area contributed by atoms with Gasteiger partial charge in [0.2, 0.25) is 5.12 Å². The van der Waals surface area contributed by atoms with E-state index in [4.69, 9.17) is 9.47 Å². The summed E-state index contributed by atoms with van der Waals surface area (Å²) in [4.78, 5) is 0. The van der Waals surface area contributed by atoms with E-state index in [1.807, 2.05) is 0 Å². The van der Waals surface area contributed by atoms with Gasteiger partial charge >= 0.3 is 0 Å². The maximum Gasteiger partial charge on any atom is 0.215 e. The molecule has 1 atom stereocenters. The van der Waals surface area contributed by atoms with Crippen LogP contribution in [0.5, 0.6) is 0 Å². The Hall–Kier alpha value is 0.270. The number of hydrogen-bond acceptors (Lipinski definition) is 3. The van der Waals surface area contributed by atoms with Gasteiger partial charge in [0, 0.05) is 6.42 Å². The van der Waals surface area contributed by atoms with Crippen LogP contribution in [0.2, 0.25) is 0 Å². The van der Waals surface area contributed by atoms with Gasteiger partial charge in [0.15, 0.2) is 0 Å². The van der Waals surface area contributed by atoms with E-state index in [-0.39, 0.29) is 0 Å². The molecule has 1 saturated heterocycles. The predicted molar refractivity (Wildman–Crippen MR) is 47.8 cm³/mol. The highest BCUT2D eigenvalue weighted by Gasteiger charge is 2.29. The third-order valence-electron chi connectivity index (χ3n) is 1.75. The summed E-state index contributed by atoms with van der Waals surface area (Å²) >= 11 is 4.34. The lowest BCUT2D eigenvalue weighted by Crippen LogP contribution is -2.33. The summed E-state index contributed by atoms with van der Waals surface area (Å²) < 4.78 is 10.9. The van der Waals surface area contributed by atoms with Crippen LogP contribution in [0.25, 0.3) is 0 Å². The maximum absolute atomic E-state index is 5.46. The van der Waals surface area contributed by atoms with Crippen LogP contribution in [0.1, 0.15) is 32.6 Å². The van der Waals surface area contributed by atoms with Crippen molar-refractivity contribution in [2.75, 3.05) is 13.2 Å². The molecule has 0 aliphatic carbocycles. The molecule has 0 amide bonds. The number of rotatable bonds is 3. The summed E-state index contributed by atoms with van der Waals surface area (Å²) in [7, 11) is 0. The standard InChI is InChI=1S/C8H16O2S/c1-2-6-9-8(11)5-3-4-7-10-8/h11H,2-7H2,1H3. The molecule has 1 aliphatic heterocycles. The van der Waals surface area contributed by atoms with E-state index in [0.717, 1.165) is 38.9 Å². The first-order valence-electron chi connectivity index (χ1n) is 4.27. The highest BCUT2D eigenvalue weighted by Crippen LogP contribution is 2.29. The van der Waals surface area contributed by atoms with Crippen molar-refractivity contribution in [1.29, 1.82) is 0 Å². The minimum Gasteiger partial charge on any atom is -0.341 e. The van der Waals surface area contributed by atoms with E-state index in [2.05, 4.69) is 19.6 Å². The first-order valence-corrected chi connectivity index (χ1v) is 4.72. The van der Waals surface area contributed by atoms with Crippen molar-refractivity contribution in [2.45, 2.75) is 37.7 Å². The monoisotopic (exact) mass is 176 g/mol. The second-order valence-electron chi connectivity index (χ2n) is 2.87. The molecule has 0 saturated carbocycles. The first-order chi connectivity index (χ1) is 5.27. The molecule has 0 aromatic heterocycles. The fourth-order valence-corrected chi connectivity index (χ4v) is 1.47. The largest absolute Gasteiger partial charge is 0.341 e. The summed E-state index contributed by atoms with van der Waals surface area (Å²) in [6, 6.07) is 0. The maximum atomic E-state index is 5.46. The van der Waals surface area contributed by atoms with Gasteiger partial charge in [0.25, 0.3) is 0 Å². The zero-order valence-electron chi connectivity index (χ0n) is 7.01. The van der Waals surface area contributed by atoms with Gasteiger partial charge in [0.1, 0.15) is 0 Å². The Balaban J connectivity index is 2.25. The van der Waals surface area contributed by atoms with Gasteiger partial charge in [-0.15, -0.1) is 12.6 Å².